The predicted octanol–water partition coefficient (Wildman–Crippen LogP) is 4.41. The highest BCUT2D eigenvalue weighted by atomic mass is 19.4. The minimum absolute atomic E-state index is 0.282. The van der Waals surface area contributed by atoms with E-state index in [1.54, 1.807) is 18.2 Å². The summed E-state index contributed by atoms with van der Waals surface area (Å²) in [5.41, 5.74) is 0.894. The highest BCUT2D eigenvalue weighted by molar-refractivity contribution is 6.05. The standard InChI is InChI=1S/C18H16F3NO4/c1-24-16-8-3-12(11-17(16)25-2)15(23)9-10-22-13-4-6-14(7-5-13)26-18(19,20)21/h3-11,22H,1-2H3. The van der Waals surface area contributed by atoms with Crippen molar-refractivity contribution in [2.24, 2.45) is 0 Å². The SMILES string of the molecule is COc1ccc(C(=O)C=CNc2ccc(OC(F)(F)F)cc2)cc1OC. The number of rotatable bonds is 7. The summed E-state index contributed by atoms with van der Waals surface area (Å²) in [4.78, 5) is 12.1. The number of hydrogen-bond acceptors (Lipinski definition) is 5. The Balaban J connectivity index is 1.98. The number of benzene rings is 2. The summed E-state index contributed by atoms with van der Waals surface area (Å²) >= 11 is 0. The quantitative estimate of drug-likeness (QED) is 0.580. The van der Waals surface area contributed by atoms with Gasteiger partial charge in [-0.1, -0.05) is 0 Å². The second-order valence-electron chi connectivity index (χ2n) is 4.98. The molecule has 0 fully saturated rings. The predicted molar refractivity (Wildman–Crippen MR) is 89.8 cm³/mol. The van der Waals surface area contributed by atoms with Gasteiger partial charge in [0.1, 0.15) is 5.75 Å². The highest BCUT2D eigenvalue weighted by Gasteiger charge is 2.30. The first kappa shape index (κ1) is 19.2. The summed E-state index contributed by atoms with van der Waals surface area (Å²) in [5, 5.41) is 2.79. The number of carbonyl (C=O) groups excluding carboxylic acids is 1. The smallest absolute Gasteiger partial charge is 0.493 e. The summed E-state index contributed by atoms with van der Waals surface area (Å²) < 4.78 is 50.3. The second kappa shape index (κ2) is 8.28. The molecule has 0 heterocycles. The number of nitrogens with one attached hydrogen (secondary N) is 1. The zero-order valence-corrected chi connectivity index (χ0v) is 14.0. The Hall–Kier alpha value is -3.16. The lowest BCUT2D eigenvalue weighted by Crippen LogP contribution is -2.16. The molecule has 0 aliphatic heterocycles. The lowest BCUT2D eigenvalue weighted by Gasteiger charge is -2.09. The Morgan fingerprint density at radius 3 is 2.23 bits per heavy atom. The van der Waals surface area contributed by atoms with Crippen LogP contribution < -0.4 is 19.5 Å². The third-order valence-electron chi connectivity index (χ3n) is 3.24. The zero-order valence-electron chi connectivity index (χ0n) is 14.0. The molecule has 138 valence electrons. The van der Waals surface area contributed by atoms with Crippen molar-refractivity contribution in [1.29, 1.82) is 0 Å². The monoisotopic (exact) mass is 367 g/mol. The van der Waals surface area contributed by atoms with Gasteiger partial charge in [-0.05, 0) is 42.5 Å². The van der Waals surface area contributed by atoms with Crippen LogP contribution >= 0.6 is 0 Å². The van der Waals surface area contributed by atoms with Crippen LogP contribution in [0, 0.1) is 0 Å². The molecule has 0 radical (unpaired) electrons. The Kier molecular flexibility index (Phi) is 6.11. The molecule has 2 aromatic rings. The van der Waals surface area contributed by atoms with Gasteiger partial charge in [-0.15, -0.1) is 13.2 Å². The lowest BCUT2D eigenvalue weighted by molar-refractivity contribution is -0.274. The fraction of sp³-hybridized carbons (Fsp3) is 0.167. The van der Waals surface area contributed by atoms with Crippen molar-refractivity contribution in [2.45, 2.75) is 6.36 Å². The summed E-state index contributed by atoms with van der Waals surface area (Å²) in [6.07, 6.45) is -2.05. The molecule has 0 spiro atoms. The third kappa shape index (κ3) is 5.44. The molecule has 0 saturated carbocycles. The molecule has 0 saturated heterocycles. The van der Waals surface area contributed by atoms with Crippen molar-refractivity contribution in [3.8, 4) is 17.2 Å². The minimum atomic E-state index is -4.74. The molecule has 2 aromatic carbocycles. The average molecular weight is 367 g/mol. The first-order chi connectivity index (χ1) is 12.3. The van der Waals surface area contributed by atoms with E-state index in [4.69, 9.17) is 9.47 Å². The van der Waals surface area contributed by atoms with Gasteiger partial charge >= 0.3 is 6.36 Å². The number of carbonyl (C=O) groups is 1. The molecule has 26 heavy (non-hydrogen) atoms. The maximum absolute atomic E-state index is 12.1. The van der Waals surface area contributed by atoms with Crippen LogP contribution in [0.3, 0.4) is 0 Å². The maximum atomic E-state index is 12.1. The van der Waals surface area contributed by atoms with Crippen LogP contribution in [0.1, 0.15) is 10.4 Å². The van der Waals surface area contributed by atoms with E-state index in [9.17, 15) is 18.0 Å². The Labute approximate surface area is 148 Å². The molecule has 2 rings (SSSR count). The molecule has 0 atom stereocenters. The second-order valence-corrected chi connectivity index (χ2v) is 4.98. The van der Waals surface area contributed by atoms with Gasteiger partial charge in [-0.3, -0.25) is 4.79 Å². The molecule has 0 bridgehead atoms. The fourth-order valence-corrected chi connectivity index (χ4v) is 2.05. The number of anilines is 1. The molecule has 0 amide bonds. The van der Waals surface area contributed by atoms with Gasteiger partial charge in [-0.2, -0.15) is 0 Å². The van der Waals surface area contributed by atoms with Crippen molar-refractivity contribution in [2.75, 3.05) is 19.5 Å². The van der Waals surface area contributed by atoms with Gasteiger partial charge in [0, 0.05) is 23.5 Å². The molecule has 5 nitrogen and oxygen atoms in total. The van der Waals surface area contributed by atoms with Crippen molar-refractivity contribution in [1.82, 2.24) is 0 Å². The van der Waals surface area contributed by atoms with E-state index in [1.807, 2.05) is 0 Å². The molecular formula is C18H16F3NO4. The topological polar surface area (TPSA) is 56.8 Å². The molecule has 8 heteroatoms. The van der Waals surface area contributed by atoms with Crippen LogP contribution in [-0.4, -0.2) is 26.4 Å². The van der Waals surface area contributed by atoms with Crippen LogP contribution in [-0.2, 0) is 0 Å². The van der Waals surface area contributed by atoms with Crippen LogP contribution in [0.2, 0.25) is 0 Å². The van der Waals surface area contributed by atoms with Crippen molar-refractivity contribution < 1.29 is 32.2 Å². The average Bonchev–Trinajstić information content (AvgIpc) is 2.61. The van der Waals surface area contributed by atoms with Gasteiger partial charge < -0.3 is 19.5 Å². The van der Waals surface area contributed by atoms with Gasteiger partial charge in [0.25, 0.3) is 0 Å². The zero-order chi connectivity index (χ0) is 19.2. The summed E-state index contributed by atoms with van der Waals surface area (Å²) in [6, 6.07) is 9.89. The number of halogens is 3. The van der Waals surface area contributed by atoms with Crippen molar-refractivity contribution in [3.63, 3.8) is 0 Å². The van der Waals surface area contributed by atoms with E-state index < -0.39 is 6.36 Å². The maximum Gasteiger partial charge on any atom is 0.573 e. The largest absolute Gasteiger partial charge is 0.573 e. The molecule has 0 aliphatic carbocycles. The van der Waals surface area contributed by atoms with Crippen LogP contribution in [0.25, 0.3) is 0 Å². The summed E-state index contributed by atoms with van der Waals surface area (Å²) in [7, 11) is 2.96. The van der Waals surface area contributed by atoms with E-state index in [1.165, 1.54) is 50.8 Å². The van der Waals surface area contributed by atoms with Crippen LogP contribution in [0.4, 0.5) is 18.9 Å². The number of allylic oxidation sites excluding steroid dienone is 1. The van der Waals surface area contributed by atoms with Crippen LogP contribution in [0.15, 0.2) is 54.7 Å². The van der Waals surface area contributed by atoms with Gasteiger partial charge in [0.05, 0.1) is 14.2 Å². The van der Waals surface area contributed by atoms with E-state index in [0.29, 0.717) is 22.7 Å². The molecule has 1 N–H and O–H groups in total. The fourth-order valence-electron chi connectivity index (χ4n) is 2.05. The number of methoxy groups -OCH3 is 2. The number of alkyl halides is 3. The molecule has 0 aliphatic rings. The molecule has 0 aromatic heterocycles. The Morgan fingerprint density at radius 1 is 1.00 bits per heavy atom. The number of hydrogen-bond donors (Lipinski definition) is 1. The lowest BCUT2D eigenvalue weighted by atomic mass is 10.1. The van der Waals surface area contributed by atoms with Gasteiger partial charge in [0.15, 0.2) is 17.3 Å². The first-order valence-electron chi connectivity index (χ1n) is 7.37. The normalized spacial score (nSPS) is 11.3. The summed E-state index contributed by atoms with van der Waals surface area (Å²) in [6.45, 7) is 0. The number of ether oxygens (including phenoxy) is 3. The van der Waals surface area contributed by atoms with Crippen molar-refractivity contribution in [3.05, 3.63) is 60.3 Å². The van der Waals surface area contributed by atoms with Gasteiger partial charge in [-0.25, -0.2) is 0 Å². The van der Waals surface area contributed by atoms with Crippen LogP contribution in [0.5, 0.6) is 17.2 Å². The van der Waals surface area contributed by atoms with E-state index >= 15 is 0 Å². The van der Waals surface area contributed by atoms with E-state index in [-0.39, 0.29) is 11.5 Å². The highest BCUT2D eigenvalue weighted by Crippen LogP contribution is 2.28. The summed E-state index contributed by atoms with van der Waals surface area (Å²) in [5.74, 6) is 0.330. The Morgan fingerprint density at radius 2 is 1.65 bits per heavy atom. The minimum Gasteiger partial charge on any atom is -0.493 e. The van der Waals surface area contributed by atoms with E-state index in [0.717, 1.165) is 0 Å². The van der Waals surface area contributed by atoms with Crippen molar-refractivity contribution >= 4 is 11.5 Å². The van der Waals surface area contributed by atoms with Gasteiger partial charge in [0.2, 0.25) is 0 Å². The van der Waals surface area contributed by atoms with E-state index in [2.05, 4.69) is 10.1 Å². The third-order valence-corrected chi connectivity index (χ3v) is 3.24. The Bertz CT molecular complexity index is 786. The number of ketones is 1. The molecule has 0 unspecified atom stereocenters. The first-order valence-corrected chi connectivity index (χ1v) is 7.37. The molecular weight excluding hydrogens is 351 g/mol.